The summed E-state index contributed by atoms with van der Waals surface area (Å²) in [6.45, 7) is 1.67. The zero-order valence-electron chi connectivity index (χ0n) is 14.0. The maximum Gasteiger partial charge on any atom is 0.249 e. The lowest BCUT2D eigenvalue weighted by Crippen LogP contribution is -2.38. The first kappa shape index (κ1) is 16.7. The Morgan fingerprint density at radius 2 is 2.04 bits per heavy atom. The van der Waals surface area contributed by atoms with Gasteiger partial charge in [-0.1, -0.05) is 24.3 Å². The minimum Gasteiger partial charge on any atom is -0.237 e. The van der Waals surface area contributed by atoms with E-state index in [9.17, 15) is 12.8 Å². The second kappa shape index (κ2) is 5.88. The van der Waals surface area contributed by atoms with Crippen molar-refractivity contribution in [1.29, 1.82) is 0 Å². The third-order valence-electron chi connectivity index (χ3n) is 4.62. The number of hydrogen-bond acceptors (Lipinski definition) is 4. The van der Waals surface area contributed by atoms with Crippen molar-refractivity contribution < 1.29 is 12.8 Å². The standard InChI is InChI=1S/C19H16FN3O2S/c1-19(10-7-14(8-11-19)16-5-2-6-17(20)22-16)26(24,25)23-13-9-15-4-3-12-21-18(15)23/h2-10,12-13H,11H2,1H3. The quantitative estimate of drug-likeness (QED) is 0.662. The molecule has 0 amide bonds. The van der Waals surface area contributed by atoms with Crippen LogP contribution in [0.15, 0.2) is 67.0 Å². The van der Waals surface area contributed by atoms with Crippen molar-refractivity contribution in [3.05, 3.63) is 78.7 Å². The van der Waals surface area contributed by atoms with Crippen molar-refractivity contribution in [3.8, 4) is 0 Å². The summed E-state index contributed by atoms with van der Waals surface area (Å²) in [4.78, 5) is 8.05. The van der Waals surface area contributed by atoms with Crippen LogP contribution in [0.1, 0.15) is 19.0 Å². The van der Waals surface area contributed by atoms with Gasteiger partial charge in [0.1, 0.15) is 4.75 Å². The molecule has 0 aliphatic heterocycles. The van der Waals surface area contributed by atoms with Crippen LogP contribution in [-0.4, -0.2) is 27.1 Å². The molecule has 1 unspecified atom stereocenters. The first-order valence-electron chi connectivity index (χ1n) is 8.10. The number of allylic oxidation sites excluding steroid dienone is 3. The predicted octanol–water partition coefficient (Wildman–Crippen LogP) is 3.55. The molecular weight excluding hydrogens is 353 g/mol. The lowest BCUT2D eigenvalue weighted by Gasteiger charge is -2.28. The highest BCUT2D eigenvalue weighted by atomic mass is 32.2. The number of pyridine rings is 2. The monoisotopic (exact) mass is 369 g/mol. The largest absolute Gasteiger partial charge is 0.249 e. The summed E-state index contributed by atoms with van der Waals surface area (Å²) in [5.74, 6) is -0.567. The Balaban J connectivity index is 1.71. The number of nitrogens with zero attached hydrogens (tertiary/aromatic N) is 3. The van der Waals surface area contributed by atoms with E-state index in [1.807, 2.05) is 6.07 Å². The normalized spacial score (nSPS) is 20.3. The molecule has 0 spiro atoms. The zero-order chi connectivity index (χ0) is 18.4. The van der Waals surface area contributed by atoms with Crippen molar-refractivity contribution in [2.45, 2.75) is 18.1 Å². The predicted molar refractivity (Wildman–Crippen MR) is 98.4 cm³/mol. The van der Waals surface area contributed by atoms with Gasteiger partial charge in [0.2, 0.25) is 16.0 Å². The van der Waals surface area contributed by atoms with Crippen molar-refractivity contribution in [1.82, 2.24) is 13.9 Å². The molecule has 0 radical (unpaired) electrons. The van der Waals surface area contributed by atoms with Crippen LogP contribution in [0.4, 0.5) is 4.39 Å². The molecule has 132 valence electrons. The summed E-state index contributed by atoms with van der Waals surface area (Å²) < 4.78 is 39.9. The van der Waals surface area contributed by atoms with E-state index in [0.717, 1.165) is 5.39 Å². The third kappa shape index (κ3) is 2.55. The molecule has 3 aromatic heterocycles. The van der Waals surface area contributed by atoms with Crippen LogP contribution >= 0.6 is 0 Å². The van der Waals surface area contributed by atoms with Gasteiger partial charge in [0.25, 0.3) is 0 Å². The fourth-order valence-corrected chi connectivity index (χ4v) is 4.61. The van der Waals surface area contributed by atoms with Crippen LogP contribution in [0, 0.1) is 5.95 Å². The smallest absolute Gasteiger partial charge is 0.237 e. The molecule has 3 heterocycles. The van der Waals surface area contributed by atoms with Crippen molar-refractivity contribution >= 4 is 26.6 Å². The van der Waals surface area contributed by atoms with Gasteiger partial charge in [0.15, 0.2) is 5.65 Å². The summed E-state index contributed by atoms with van der Waals surface area (Å²) in [6.07, 6.45) is 8.45. The maximum absolute atomic E-state index is 13.3. The van der Waals surface area contributed by atoms with Crippen LogP contribution in [0.2, 0.25) is 0 Å². The van der Waals surface area contributed by atoms with E-state index in [4.69, 9.17) is 0 Å². The van der Waals surface area contributed by atoms with E-state index in [2.05, 4.69) is 9.97 Å². The molecule has 0 N–H and O–H groups in total. The molecule has 0 aromatic carbocycles. The zero-order valence-corrected chi connectivity index (χ0v) is 14.8. The van der Waals surface area contributed by atoms with Gasteiger partial charge in [-0.05, 0) is 49.2 Å². The maximum atomic E-state index is 13.3. The minimum atomic E-state index is -3.73. The SMILES string of the molecule is CC1(S(=O)(=O)n2ccc3cccnc32)C=CC(c2cccc(F)n2)=CC1. The molecule has 0 saturated heterocycles. The number of hydrogen-bond donors (Lipinski definition) is 0. The minimum absolute atomic E-state index is 0.256. The van der Waals surface area contributed by atoms with E-state index >= 15 is 0 Å². The molecular formula is C19H16FN3O2S. The van der Waals surface area contributed by atoms with Gasteiger partial charge in [-0.3, -0.25) is 0 Å². The summed E-state index contributed by atoms with van der Waals surface area (Å²) in [5.41, 5.74) is 1.59. The van der Waals surface area contributed by atoms with Crippen LogP contribution in [0.25, 0.3) is 16.6 Å². The molecule has 26 heavy (non-hydrogen) atoms. The third-order valence-corrected chi connectivity index (χ3v) is 6.91. The number of rotatable bonds is 3. The second-order valence-corrected chi connectivity index (χ2v) is 8.66. The molecule has 1 atom stereocenters. The summed E-state index contributed by atoms with van der Waals surface area (Å²) in [7, 11) is -3.73. The average molecular weight is 369 g/mol. The Kier molecular flexibility index (Phi) is 3.77. The molecule has 4 rings (SSSR count). The lowest BCUT2D eigenvalue weighted by molar-refractivity contribution is 0.554. The number of fused-ring (bicyclic) bond motifs is 1. The molecule has 1 aliphatic rings. The number of aromatic nitrogens is 3. The van der Waals surface area contributed by atoms with E-state index < -0.39 is 20.7 Å². The first-order valence-corrected chi connectivity index (χ1v) is 9.54. The van der Waals surface area contributed by atoms with Crippen molar-refractivity contribution in [3.63, 3.8) is 0 Å². The lowest BCUT2D eigenvalue weighted by atomic mass is 9.96. The van der Waals surface area contributed by atoms with Gasteiger partial charge in [-0.15, -0.1) is 0 Å². The van der Waals surface area contributed by atoms with Crippen LogP contribution in [0.5, 0.6) is 0 Å². The van der Waals surface area contributed by atoms with E-state index in [1.54, 1.807) is 55.6 Å². The van der Waals surface area contributed by atoms with E-state index in [-0.39, 0.29) is 6.42 Å². The number of halogens is 1. The molecule has 0 saturated carbocycles. The first-order chi connectivity index (χ1) is 12.4. The molecule has 5 nitrogen and oxygen atoms in total. The van der Waals surface area contributed by atoms with Crippen molar-refractivity contribution in [2.75, 3.05) is 0 Å². The summed E-state index contributed by atoms with van der Waals surface area (Å²) >= 11 is 0. The van der Waals surface area contributed by atoms with Gasteiger partial charge in [-0.25, -0.2) is 22.4 Å². The Morgan fingerprint density at radius 1 is 1.19 bits per heavy atom. The highest BCUT2D eigenvalue weighted by Gasteiger charge is 2.39. The van der Waals surface area contributed by atoms with Crippen LogP contribution in [0.3, 0.4) is 0 Å². The summed E-state index contributed by atoms with van der Waals surface area (Å²) in [6, 6.07) is 9.86. The Bertz CT molecular complexity index is 1160. The van der Waals surface area contributed by atoms with Gasteiger partial charge in [-0.2, -0.15) is 4.39 Å². The topological polar surface area (TPSA) is 64.8 Å². The fraction of sp³-hybridized carbons (Fsp3) is 0.158. The Hall–Kier alpha value is -2.80. The fourth-order valence-electron chi connectivity index (χ4n) is 3.03. The van der Waals surface area contributed by atoms with Gasteiger partial charge >= 0.3 is 0 Å². The van der Waals surface area contributed by atoms with Crippen molar-refractivity contribution in [2.24, 2.45) is 0 Å². The van der Waals surface area contributed by atoms with Gasteiger partial charge in [0, 0.05) is 17.8 Å². The molecule has 7 heteroatoms. The average Bonchev–Trinajstić information content (AvgIpc) is 3.07. The summed E-state index contributed by atoms with van der Waals surface area (Å²) in [5, 5.41) is 0.764. The molecule has 0 fully saturated rings. The van der Waals surface area contributed by atoms with E-state index in [1.165, 1.54) is 16.2 Å². The molecule has 1 aliphatic carbocycles. The Labute approximate surface area is 150 Å². The second-order valence-electron chi connectivity index (χ2n) is 6.39. The van der Waals surface area contributed by atoms with E-state index in [0.29, 0.717) is 16.9 Å². The molecule has 3 aromatic rings. The van der Waals surface area contributed by atoms with Gasteiger partial charge in [0.05, 0.1) is 5.69 Å². The highest BCUT2D eigenvalue weighted by molar-refractivity contribution is 7.91. The Morgan fingerprint density at radius 3 is 2.77 bits per heavy atom. The van der Waals surface area contributed by atoms with Gasteiger partial charge < -0.3 is 0 Å². The van der Waals surface area contributed by atoms with Crippen LogP contribution in [-0.2, 0) is 10.0 Å². The highest BCUT2D eigenvalue weighted by Crippen LogP contribution is 2.34. The molecule has 0 bridgehead atoms. The van der Waals surface area contributed by atoms with Crippen LogP contribution < -0.4 is 0 Å².